The molecule has 0 saturated carbocycles. The van der Waals surface area contributed by atoms with Crippen LogP contribution >= 0.6 is 0 Å². The highest BCUT2D eigenvalue weighted by Gasteiger charge is 2.17. The van der Waals surface area contributed by atoms with Gasteiger partial charge in [-0.25, -0.2) is 0 Å². The van der Waals surface area contributed by atoms with Gasteiger partial charge in [-0.1, -0.05) is 10.3 Å². The summed E-state index contributed by atoms with van der Waals surface area (Å²) in [7, 11) is 0. The number of aliphatic hydroxyl groups excluding tert-OH is 1. The lowest BCUT2D eigenvalue weighted by atomic mass is 10.2. The molecule has 14 heavy (non-hydrogen) atoms. The van der Waals surface area contributed by atoms with Gasteiger partial charge in [0.1, 0.15) is 17.9 Å². The minimum absolute atomic E-state index is 0.243. The largest absolute Gasteiger partial charge is 0.388 e. The third-order valence-electron chi connectivity index (χ3n) is 1.86. The molecule has 0 amide bonds. The molecule has 0 spiro atoms. The van der Waals surface area contributed by atoms with Crippen molar-refractivity contribution in [3.63, 3.8) is 0 Å². The van der Waals surface area contributed by atoms with Crippen molar-refractivity contribution in [2.45, 2.75) is 20.5 Å². The van der Waals surface area contributed by atoms with Gasteiger partial charge in [0, 0.05) is 0 Å². The number of aromatic nitrogens is 3. The molecule has 6 nitrogen and oxygen atoms in total. The van der Waals surface area contributed by atoms with Gasteiger partial charge < -0.3 is 14.2 Å². The number of nitrogens with zero attached hydrogens (tertiary/aromatic N) is 3. The van der Waals surface area contributed by atoms with E-state index in [9.17, 15) is 0 Å². The molecule has 2 rings (SSSR count). The van der Waals surface area contributed by atoms with E-state index < -0.39 is 0 Å². The number of aryl methyl sites for hydroxylation is 2. The summed E-state index contributed by atoms with van der Waals surface area (Å²) in [5.74, 6) is 1.20. The van der Waals surface area contributed by atoms with Gasteiger partial charge in [-0.2, -0.15) is 4.98 Å². The molecule has 0 aliphatic rings. The lowest BCUT2D eigenvalue weighted by molar-refractivity contribution is 0.264. The van der Waals surface area contributed by atoms with E-state index >= 15 is 0 Å². The zero-order valence-electron chi connectivity index (χ0n) is 7.81. The first-order valence-electron chi connectivity index (χ1n) is 4.09. The summed E-state index contributed by atoms with van der Waals surface area (Å²) in [5.41, 5.74) is 1.38. The smallest absolute Gasteiger partial charge is 0.263 e. The summed E-state index contributed by atoms with van der Waals surface area (Å²) >= 11 is 0. The lowest BCUT2D eigenvalue weighted by Gasteiger charge is -1.88. The average molecular weight is 195 g/mol. The third kappa shape index (κ3) is 1.29. The predicted molar refractivity (Wildman–Crippen MR) is 45.2 cm³/mol. The van der Waals surface area contributed by atoms with Crippen molar-refractivity contribution >= 4 is 0 Å². The van der Waals surface area contributed by atoms with Crippen molar-refractivity contribution in [3.8, 4) is 11.5 Å². The Morgan fingerprint density at radius 3 is 2.50 bits per heavy atom. The summed E-state index contributed by atoms with van der Waals surface area (Å²) in [6, 6.07) is 0. The van der Waals surface area contributed by atoms with E-state index in [1.54, 1.807) is 13.8 Å². The second-order valence-electron chi connectivity index (χ2n) is 2.87. The van der Waals surface area contributed by atoms with Gasteiger partial charge in [0.2, 0.25) is 0 Å². The molecule has 0 saturated heterocycles. The Morgan fingerprint density at radius 2 is 2.00 bits per heavy atom. The molecule has 0 fully saturated rings. The van der Waals surface area contributed by atoms with E-state index in [-0.39, 0.29) is 12.4 Å². The molecule has 2 aromatic rings. The molecule has 2 heterocycles. The van der Waals surface area contributed by atoms with Crippen LogP contribution in [0.5, 0.6) is 0 Å². The van der Waals surface area contributed by atoms with Crippen LogP contribution < -0.4 is 0 Å². The van der Waals surface area contributed by atoms with Crippen molar-refractivity contribution in [2.24, 2.45) is 0 Å². The molecule has 0 aliphatic carbocycles. The van der Waals surface area contributed by atoms with Crippen LogP contribution in [0.15, 0.2) is 9.05 Å². The molecule has 0 bridgehead atoms. The lowest BCUT2D eigenvalue weighted by Crippen LogP contribution is -1.86. The molecule has 0 radical (unpaired) electrons. The van der Waals surface area contributed by atoms with Crippen LogP contribution in [-0.4, -0.2) is 20.4 Å². The monoisotopic (exact) mass is 195 g/mol. The molecular formula is C8H9N3O3. The van der Waals surface area contributed by atoms with Gasteiger partial charge in [0.05, 0.1) is 5.69 Å². The topological polar surface area (TPSA) is 85.2 Å². The Bertz CT molecular complexity index is 427. The SMILES string of the molecule is Cc1noc(C)c1-c1nc(CO)no1. The van der Waals surface area contributed by atoms with Crippen LogP contribution in [0.1, 0.15) is 17.3 Å². The Kier molecular flexibility index (Phi) is 2.05. The Labute approximate surface area is 79.5 Å². The molecule has 0 unspecified atom stereocenters. The van der Waals surface area contributed by atoms with Crippen LogP contribution in [0.25, 0.3) is 11.5 Å². The number of rotatable bonds is 2. The second kappa shape index (κ2) is 3.22. The van der Waals surface area contributed by atoms with Crippen molar-refractivity contribution in [1.29, 1.82) is 0 Å². The Balaban J connectivity index is 2.48. The van der Waals surface area contributed by atoms with Crippen molar-refractivity contribution in [3.05, 3.63) is 17.3 Å². The van der Waals surface area contributed by atoms with Gasteiger partial charge in [-0.05, 0) is 13.8 Å². The van der Waals surface area contributed by atoms with Crippen molar-refractivity contribution < 1.29 is 14.2 Å². The quantitative estimate of drug-likeness (QED) is 0.763. The fraction of sp³-hybridized carbons (Fsp3) is 0.375. The van der Waals surface area contributed by atoms with E-state index in [1.807, 2.05) is 0 Å². The minimum atomic E-state index is -0.243. The van der Waals surface area contributed by atoms with E-state index in [4.69, 9.17) is 14.2 Å². The maximum Gasteiger partial charge on any atom is 0.263 e. The maximum absolute atomic E-state index is 8.76. The normalized spacial score (nSPS) is 10.8. The standard InChI is InChI=1S/C8H9N3O3/c1-4-7(5(2)13-10-4)8-9-6(3-12)11-14-8/h12H,3H2,1-2H3. The van der Waals surface area contributed by atoms with E-state index in [0.717, 1.165) is 0 Å². The highest BCUT2D eigenvalue weighted by molar-refractivity contribution is 5.57. The summed E-state index contributed by atoms with van der Waals surface area (Å²) in [6.07, 6.45) is 0. The average Bonchev–Trinajstić information content (AvgIpc) is 2.73. The first-order chi connectivity index (χ1) is 6.72. The number of hydrogen-bond donors (Lipinski definition) is 1. The third-order valence-corrected chi connectivity index (χ3v) is 1.86. The molecule has 0 atom stereocenters. The van der Waals surface area contributed by atoms with Gasteiger partial charge in [-0.15, -0.1) is 0 Å². The van der Waals surface area contributed by atoms with Crippen LogP contribution in [0.2, 0.25) is 0 Å². The van der Waals surface area contributed by atoms with E-state index in [0.29, 0.717) is 22.9 Å². The molecule has 1 N–H and O–H groups in total. The van der Waals surface area contributed by atoms with E-state index in [1.165, 1.54) is 0 Å². The first-order valence-corrected chi connectivity index (χ1v) is 4.09. The molecule has 2 aromatic heterocycles. The zero-order chi connectivity index (χ0) is 10.1. The molecule has 6 heteroatoms. The second-order valence-corrected chi connectivity index (χ2v) is 2.87. The van der Waals surface area contributed by atoms with Gasteiger partial charge >= 0.3 is 0 Å². The molecular weight excluding hydrogens is 186 g/mol. The van der Waals surface area contributed by atoms with Crippen molar-refractivity contribution in [2.75, 3.05) is 0 Å². The summed E-state index contributed by atoms with van der Waals surface area (Å²) in [6.45, 7) is 3.31. The number of hydrogen-bond acceptors (Lipinski definition) is 6. The van der Waals surface area contributed by atoms with Gasteiger partial charge in [0.15, 0.2) is 5.82 Å². The predicted octanol–water partition coefficient (Wildman–Crippen LogP) is 0.834. The highest BCUT2D eigenvalue weighted by Crippen LogP contribution is 2.24. The first kappa shape index (κ1) is 8.89. The summed E-state index contributed by atoms with van der Waals surface area (Å²) in [4.78, 5) is 3.97. The molecule has 0 aliphatic heterocycles. The van der Waals surface area contributed by atoms with Crippen LogP contribution in [-0.2, 0) is 6.61 Å². The maximum atomic E-state index is 8.76. The highest BCUT2D eigenvalue weighted by atomic mass is 16.5. The van der Waals surface area contributed by atoms with Crippen molar-refractivity contribution in [1.82, 2.24) is 15.3 Å². The Morgan fingerprint density at radius 1 is 1.21 bits per heavy atom. The van der Waals surface area contributed by atoms with Gasteiger partial charge in [0.25, 0.3) is 5.89 Å². The fourth-order valence-electron chi connectivity index (χ4n) is 1.21. The zero-order valence-corrected chi connectivity index (χ0v) is 7.81. The Hall–Kier alpha value is -1.69. The minimum Gasteiger partial charge on any atom is -0.388 e. The fourth-order valence-corrected chi connectivity index (χ4v) is 1.21. The van der Waals surface area contributed by atoms with Crippen LogP contribution in [0, 0.1) is 13.8 Å². The molecule has 0 aromatic carbocycles. The summed E-state index contributed by atoms with van der Waals surface area (Å²) < 4.78 is 9.89. The number of aliphatic hydroxyl groups is 1. The summed E-state index contributed by atoms with van der Waals surface area (Å²) in [5, 5.41) is 16.1. The van der Waals surface area contributed by atoms with E-state index in [2.05, 4.69) is 15.3 Å². The van der Waals surface area contributed by atoms with Crippen LogP contribution in [0.3, 0.4) is 0 Å². The molecule has 74 valence electrons. The van der Waals surface area contributed by atoms with Crippen LogP contribution in [0.4, 0.5) is 0 Å². The van der Waals surface area contributed by atoms with Gasteiger partial charge in [-0.3, -0.25) is 0 Å².